The molecule has 1 aromatic heterocycles. The molecule has 4 N–H and O–H groups in total. The number of hydrogen-bond donors (Lipinski definition) is 3. The Labute approximate surface area is 171 Å². The smallest absolute Gasteiger partial charge is 0.286 e. The van der Waals surface area contributed by atoms with Crippen LogP contribution in [0.25, 0.3) is 11.0 Å². The van der Waals surface area contributed by atoms with Gasteiger partial charge >= 0.3 is 0 Å². The Hall–Kier alpha value is -3.43. The van der Waals surface area contributed by atoms with E-state index in [0.29, 0.717) is 25.3 Å². The fourth-order valence-electron chi connectivity index (χ4n) is 3.41. The Bertz CT molecular complexity index is 1120. The average molecular weight is 413 g/mol. The quantitative estimate of drug-likeness (QED) is 0.591. The molecule has 9 heteroatoms. The topological polar surface area (TPSA) is 118 Å². The molecule has 156 valence electrons. The summed E-state index contributed by atoms with van der Waals surface area (Å²) in [7, 11) is 0. The molecule has 0 spiro atoms. The van der Waals surface area contributed by atoms with Gasteiger partial charge in [0.2, 0.25) is 5.76 Å². The fraction of sp³-hybridized carbons (Fsp3) is 0.238. The molecular weight excluding hydrogens is 393 g/mol. The standard InChI is InChI=1S/C21H20FN3O5/c22-14-2-4-17-15(10-14)18(19(30-17)20(23)27)24-21(28)12-1-3-16(26)13(9-12)11-25-5-7-29-8-6-25/h1-4,9-10,26H,5-8,11H2,(H2,23,27)(H,24,28). The minimum atomic E-state index is -0.888. The average Bonchev–Trinajstić information content (AvgIpc) is 3.08. The second-order valence-corrected chi connectivity index (χ2v) is 7.00. The monoisotopic (exact) mass is 413 g/mol. The first-order valence-corrected chi connectivity index (χ1v) is 9.37. The molecule has 0 radical (unpaired) electrons. The third kappa shape index (κ3) is 3.98. The van der Waals surface area contributed by atoms with Crippen molar-refractivity contribution in [3.63, 3.8) is 0 Å². The van der Waals surface area contributed by atoms with Gasteiger partial charge in [-0.1, -0.05) is 0 Å². The Morgan fingerprint density at radius 2 is 1.93 bits per heavy atom. The number of hydrogen-bond acceptors (Lipinski definition) is 6. The zero-order valence-corrected chi connectivity index (χ0v) is 16.0. The van der Waals surface area contributed by atoms with Crippen LogP contribution in [0.3, 0.4) is 0 Å². The van der Waals surface area contributed by atoms with E-state index in [1.165, 1.54) is 24.3 Å². The number of phenols is 1. The van der Waals surface area contributed by atoms with Crippen LogP contribution in [0, 0.1) is 5.82 Å². The molecule has 1 aliphatic heterocycles. The molecule has 0 saturated carbocycles. The van der Waals surface area contributed by atoms with Crippen molar-refractivity contribution in [2.24, 2.45) is 5.73 Å². The van der Waals surface area contributed by atoms with E-state index in [-0.39, 0.29) is 33.7 Å². The number of morpholine rings is 1. The molecule has 0 unspecified atom stereocenters. The van der Waals surface area contributed by atoms with Crippen molar-refractivity contribution >= 4 is 28.5 Å². The van der Waals surface area contributed by atoms with Crippen LogP contribution in [-0.2, 0) is 11.3 Å². The number of carbonyl (C=O) groups is 2. The lowest BCUT2D eigenvalue weighted by molar-refractivity contribution is 0.0338. The van der Waals surface area contributed by atoms with Crippen LogP contribution in [0.15, 0.2) is 40.8 Å². The van der Waals surface area contributed by atoms with Gasteiger partial charge in [-0.2, -0.15) is 0 Å². The number of benzene rings is 2. The number of amides is 2. The van der Waals surface area contributed by atoms with Crippen molar-refractivity contribution < 1.29 is 28.2 Å². The minimum absolute atomic E-state index is 0.00445. The second kappa shape index (κ2) is 8.13. The maximum atomic E-state index is 13.7. The molecule has 4 rings (SSSR count). The maximum Gasteiger partial charge on any atom is 0.286 e. The van der Waals surface area contributed by atoms with Gasteiger partial charge in [-0.25, -0.2) is 4.39 Å². The highest BCUT2D eigenvalue weighted by Crippen LogP contribution is 2.32. The highest BCUT2D eigenvalue weighted by Gasteiger charge is 2.22. The molecule has 1 aliphatic rings. The van der Waals surface area contributed by atoms with Gasteiger partial charge in [0.1, 0.15) is 22.8 Å². The summed E-state index contributed by atoms with van der Waals surface area (Å²) in [5.41, 5.74) is 6.43. The summed E-state index contributed by atoms with van der Waals surface area (Å²) in [6.07, 6.45) is 0. The predicted molar refractivity (Wildman–Crippen MR) is 107 cm³/mol. The van der Waals surface area contributed by atoms with E-state index in [9.17, 15) is 19.1 Å². The summed E-state index contributed by atoms with van der Waals surface area (Å²) in [5, 5.41) is 13.0. The first-order valence-electron chi connectivity index (χ1n) is 9.37. The number of anilines is 1. The number of nitrogens with zero attached hydrogens (tertiary/aromatic N) is 1. The van der Waals surface area contributed by atoms with Crippen LogP contribution >= 0.6 is 0 Å². The van der Waals surface area contributed by atoms with Gasteiger partial charge in [0.15, 0.2) is 0 Å². The number of furan rings is 1. The van der Waals surface area contributed by atoms with Gasteiger partial charge < -0.3 is 25.3 Å². The number of phenolic OH excluding ortho intramolecular Hbond substituents is 1. The van der Waals surface area contributed by atoms with Crippen molar-refractivity contribution in [2.45, 2.75) is 6.54 Å². The van der Waals surface area contributed by atoms with Crippen molar-refractivity contribution in [1.82, 2.24) is 4.90 Å². The van der Waals surface area contributed by atoms with Crippen LogP contribution in [0.1, 0.15) is 26.5 Å². The molecule has 0 bridgehead atoms. The summed E-state index contributed by atoms with van der Waals surface area (Å²) < 4.78 is 24.4. The molecular formula is C21H20FN3O5. The Balaban J connectivity index is 1.63. The number of fused-ring (bicyclic) bond motifs is 1. The summed E-state index contributed by atoms with van der Waals surface area (Å²) in [5.74, 6) is -2.18. The van der Waals surface area contributed by atoms with E-state index >= 15 is 0 Å². The second-order valence-electron chi connectivity index (χ2n) is 7.00. The van der Waals surface area contributed by atoms with Gasteiger partial charge in [-0.3, -0.25) is 14.5 Å². The lowest BCUT2D eigenvalue weighted by atomic mass is 10.1. The number of primary amides is 1. The molecule has 0 aliphatic carbocycles. The van der Waals surface area contributed by atoms with Crippen molar-refractivity contribution in [1.29, 1.82) is 0 Å². The lowest BCUT2D eigenvalue weighted by Gasteiger charge is -2.26. The molecule has 1 saturated heterocycles. The van der Waals surface area contributed by atoms with Crippen LogP contribution in [0.4, 0.5) is 10.1 Å². The van der Waals surface area contributed by atoms with Gasteiger partial charge in [0, 0.05) is 36.1 Å². The van der Waals surface area contributed by atoms with Crippen LogP contribution in [0.2, 0.25) is 0 Å². The number of carbonyl (C=O) groups excluding carboxylic acids is 2. The first kappa shape index (κ1) is 19.9. The van der Waals surface area contributed by atoms with Gasteiger partial charge in [-0.05, 0) is 36.4 Å². The van der Waals surface area contributed by atoms with Gasteiger partial charge in [0.05, 0.1) is 13.2 Å². The van der Waals surface area contributed by atoms with E-state index in [1.54, 1.807) is 6.07 Å². The third-order valence-electron chi connectivity index (χ3n) is 4.95. The normalized spacial score (nSPS) is 14.7. The summed E-state index contributed by atoms with van der Waals surface area (Å²) in [6, 6.07) is 8.16. The number of halogens is 1. The highest BCUT2D eigenvalue weighted by atomic mass is 19.1. The van der Waals surface area contributed by atoms with E-state index in [2.05, 4.69) is 10.2 Å². The largest absolute Gasteiger partial charge is 0.508 e. The molecule has 2 amide bonds. The molecule has 30 heavy (non-hydrogen) atoms. The van der Waals surface area contributed by atoms with Gasteiger partial charge in [-0.15, -0.1) is 0 Å². The lowest BCUT2D eigenvalue weighted by Crippen LogP contribution is -2.35. The molecule has 1 fully saturated rings. The number of nitrogens with two attached hydrogens (primary N) is 1. The molecule has 8 nitrogen and oxygen atoms in total. The number of nitrogens with one attached hydrogen (secondary N) is 1. The van der Waals surface area contributed by atoms with Crippen molar-refractivity contribution in [2.75, 3.05) is 31.6 Å². The van der Waals surface area contributed by atoms with Crippen LogP contribution < -0.4 is 11.1 Å². The molecule has 3 aromatic rings. The molecule has 2 heterocycles. The van der Waals surface area contributed by atoms with Crippen LogP contribution in [-0.4, -0.2) is 48.1 Å². The van der Waals surface area contributed by atoms with E-state index in [4.69, 9.17) is 14.9 Å². The zero-order valence-electron chi connectivity index (χ0n) is 16.0. The van der Waals surface area contributed by atoms with E-state index in [0.717, 1.165) is 19.2 Å². The maximum absolute atomic E-state index is 13.7. The van der Waals surface area contributed by atoms with Crippen molar-refractivity contribution in [3.05, 3.63) is 59.1 Å². The number of ether oxygens (including phenoxy) is 1. The summed E-state index contributed by atoms with van der Waals surface area (Å²) in [4.78, 5) is 26.7. The third-order valence-corrected chi connectivity index (χ3v) is 4.95. The highest BCUT2D eigenvalue weighted by molar-refractivity contribution is 6.14. The fourth-order valence-corrected chi connectivity index (χ4v) is 3.41. The van der Waals surface area contributed by atoms with E-state index in [1.807, 2.05) is 0 Å². The summed E-state index contributed by atoms with van der Waals surface area (Å²) >= 11 is 0. The Morgan fingerprint density at radius 1 is 1.17 bits per heavy atom. The van der Waals surface area contributed by atoms with Crippen molar-refractivity contribution in [3.8, 4) is 5.75 Å². The zero-order chi connectivity index (χ0) is 21.3. The number of aromatic hydroxyl groups is 1. The van der Waals surface area contributed by atoms with E-state index < -0.39 is 17.6 Å². The molecule has 2 aromatic carbocycles. The Morgan fingerprint density at radius 3 is 2.67 bits per heavy atom. The van der Waals surface area contributed by atoms with Crippen LogP contribution in [0.5, 0.6) is 5.75 Å². The Kier molecular flexibility index (Phi) is 5.39. The van der Waals surface area contributed by atoms with Gasteiger partial charge in [0.25, 0.3) is 11.8 Å². The summed E-state index contributed by atoms with van der Waals surface area (Å²) in [6.45, 7) is 3.14. The molecule has 0 atom stereocenters. The minimum Gasteiger partial charge on any atom is -0.508 e. The SMILES string of the molecule is NC(=O)c1oc2ccc(F)cc2c1NC(=O)c1ccc(O)c(CN2CCOCC2)c1. The number of rotatable bonds is 5. The first-order chi connectivity index (χ1) is 14.4. The predicted octanol–water partition coefficient (Wildman–Crippen LogP) is 2.46.